The molecule has 3 nitrogen and oxygen atoms in total. The van der Waals surface area contributed by atoms with Crippen LogP contribution in [0.5, 0.6) is 5.75 Å². The molecule has 0 saturated heterocycles. The third-order valence-electron chi connectivity index (χ3n) is 6.07. The number of pyridine rings is 1. The zero-order chi connectivity index (χ0) is 20.5. The van der Waals surface area contributed by atoms with Crippen molar-refractivity contribution >= 4 is 59.0 Å². The Balaban J connectivity index is 1.75. The molecule has 0 unspecified atom stereocenters. The van der Waals surface area contributed by atoms with Crippen LogP contribution >= 0.6 is 11.3 Å². The van der Waals surface area contributed by atoms with Gasteiger partial charge in [0.1, 0.15) is 5.75 Å². The number of rotatable bonds is 1. The Hall–Kier alpha value is -3.89. The second-order valence-electron chi connectivity index (χ2n) is 7.84. The summed E-state index contributed by atoms with van der Waals surface area (Å²) in [6.45, 7) is 0. The maximum atomic E-state index is 9.83. The molecular weight excluding hydrogens is 400 g/mol. The number of phenolic OH excluding ortho intramolecular Hbond substituents is 1. The van der Waals surface area contributed by atoms with Crippen LogP contribution in [0.25, 0.3) is 58.9 Å². The summed E-state index contributed by atoms with van der Waals surface area (Å²) < 4.78 is 4.72. The molecule has 146 valence electrons. The van der Waals surface area contributed by atoms with Crippen LogP contribution in [0, 0.1) is 0 Å². The highest BCUT2D eigenvalue weighted by Gasteiger charge is 2.18. The highest BCUT2D eigenvalue weighted by Crippen LogP contribution is 2.43. The first-order chi connectivity index (χ1) is 15.3. The van der Waals surface area contributed by atoms with Crippen LogP contribution < -0.4 is 0 Å². The van der Waals surface area contributed by atoms with Gasteiger partial charge in [0.05, 0.1) is 21.4 Å². The fourth-order valence-electron chi connectivity index (χ4n) is 4.66. The first-order valence-corrected chi connectivity index (χ1v) is 11.0. The first kappa shape index (κ1) is 16.9. The van der Waals surface area contributed by atoms with Gasteiger partial charge in [0.15, 0.2) is 5.65 Å². The monoisotopic (exact) mass is 416 g/mol. The van der Waals surface area contributed by atoms with Gasteiger partial charge in [-0.25, -0.2) is 4.98 Å². The summed E-state index contributed by atoms with van der Waals surface area (Å²) in [5.74, 6) is 0.267. The van der Waals surface area contributed by atoms with E-state index in [0.717, 1.165) is 27.9 Å². The molecule has 3 heterocycles. The topological polar surface area (TPSA) is 37.5 Å². The second kappa shape index (κ2) is 6.06. The highest BCUT2D eigenvalue weighted by molar-refractivity contribution is 7.26. The van der Waals surface area contributed by atoms with Crippen LogP contribution in [0.1, 0.15) is 0 Å². The molecule has 0 atom stereocenters. The van der Waals surface area contributed by atoms with Gasteiger partial charge in [-0.3, -0.25) is 4.40 Å². The number of fused-ring (bicyclic) bond motifs is 9. The van der Waals surface area contributed by atoms with Crippen LogP contribution in [0.3, 0.4) is 0 Å². The lowest BCUT2D eigenvalue weighted by molar-refractivity contribution is 0.475. The van der Waals surface area contributed by atoms with E-state index in [-0.39, 0.29) is 5.75 Å². The summed E-state index contributed by atoms with van der Waals surface area (Å²) in [5.41, 5.74) is 5.17. The maximum absolute atomic E-state index is 9.83. The van der Waals surface area contributed by atoms with E-state index in [1.165, 1.54) is 30.9 Å². The number of imidazole rings is 1. The average Bonchev–Trinajstić information content (AvgIpc) is 3.38. The lowest BCUT2D eigenvalue weighted by atomic mass is 10.0. The van der Waals surface area contributed by atoms with E-state index in [2.05, 4.69) is 65.1 Å². The molecule has 4 heteroatoms. The molecule has 0 saturated carbocycles. The van der Waals surface area contributed by atoms with Crippen molar-refractivity contribution in [2.45, 2.75) is 0 Å². The van der Waals surface area contributed by atoms with Gasteiger partial charge in [0.2, 0.25) is 0 Å². The van der Waals surface area contributed by atoms with Crippen molar-refractivity contribution in [2.24, 2.45) is 0 Å². The average molecular weight is 417 g/mol. The molecule has 4 aromatic carbocycles. The Morgan fingerprint density at radius 3 is 2.48 bits per heavy atom. The van der Waals surface area contributed by atoms with Crippen LogP contribution in [0.2, 0.25) is 0 Å². The molecule has 3 aromatic heterocycles. The Kier molecular flexibility index (Phi) is 3.30. The standard InChI is InChI=1S/C27H16N2OS/c30-18-12-9-17(10-13-18)23-15-20-25-19-6-2-1-5-16(19)11-14-24(25)31-26(20)27-28-21-7-3-4-8-22(21)29(23)27/h1-15,30H. The summed E-state index contributed by atoms with van der Waals surface area (Å²) >= 11 is 1.80. The van der Waals surface area contributed by atoms with Crippen LogP contribution in [-0.2, 0) is 0 Å². The SMILES string of the molecule is Oc1ccc(-c2cc3c(sc4ccc5ccccc5c43)c3nc4ccccc4n23)cc1. The molecule has 0 aliphatic heterocycles. The summed E-state index contributed by atoms with van der Waals surface area (Å²) in [6.07, 6.45) is 0. The van der Waals surface area contributed by atoms with E-state index < -0.39 is 0 Å². The molecule has 0 bridgehead atoms. The molecule has 0 amide bonds. The van der Waals surface area contributed by atoms with E-state index in [1.807, 2.05) is 18.2 Å². The fraction of sp³-hybridized carbons (Fsp3) is 0. The summed E-state index contributed by atoms with van der Waals surface area (Å²) in [5, 5.41) is 14.9. The van der Waals surface area contributed by atoms with Crippen molar-refractivity contribution in [1.29, 1.82) is 0 Å². The first-order valence-electron chi connectivity index (χ1n) is 10.2. The number of benzene rings is 4. The summed E-state index contributed by atoms with van der Waals surface area (Å²) in [4.78, 5) is 5.05. The van der Waals surface area contributed by atoms with Crippen molar-refractivity contribution < 1.29 is 5.11 Å². The van der Waals surface area contributed by atoms with Gasteiger partial charge in [0.25, 0.3) is 0 Å². The van der Waals surface area contributed by atoms with Gasteiger partial charge in [-0.05, 0) is 64.9 Å². The van der Waals surface area contributed by atoms with Gasteiger partial charge in [-0.2, -0.15) is 0 Å². The molecule has 0 aliphatic carbocycles. The molecule has 0 fully saturated rings. The minimum Gasteiger partial charge on any atom is -0.508 e. The zero-order valence-electron chi connectivity index (χ0n) is 16.4. The minimum atomic E-state index is 0.267. The van der Waals surface area contributed by atoms with Gasteiger partial charge < -0.3 is 5.11 Å². The lowest BCUT2D eigenvalue weighted by Crippen LogP contribution is -1.92. The van der Waals surface area contributed by atoms with Gasteiger partial charge in [0, 0.05) is 15.5 Å². The van der Waals surface area contributed by atoms with Crippen molar-refractivity contribution in [3.63, 3.8) is 0 Å². The Labute approximate surface area is 181 Å². The number of nitrogens with zero attached hydrogens (tertiary/aromatic N) is 2. The number of phenols is 1. The molecule has 0 aliphatic rings. The zero-order valence-corrected chi connectivity index (χ0v) is 17.2. The van der Waals surface area contributed by atoms with E-state index >= 15 is 0 Å². The van der Waals surface area contributed by atoms with Crippen molar-refractivity contribution in [2.75, 3.05) is 0 Å². The highest BCUT2D eigenvalue weighted by atomic mass is 32.1. The van der Waals surface area contributed by atoms with Crippen LogP contribution in [0.4, 0.5) is 0 Å². The molecule has 7 aromatic rings. The predicted molar refractivity (Wildman–Crippen MR) is 130 cm³/mol. The van der Waals surface area contributed by atoms with Gasteiger partial charge in [-0.15, -0.1) is 11.3 Å². The third-order valence-corrected chi connectivity index (χ3v) is 7.23. The quantitative estimate of drug-likeness (QED) is 0.303. The molecule has 1 N–H and O–H groups in total. The Morgan fingerprint density at radius 2 is 1.58 bits per heavy atom. The normalized spacial score (nSPS) is 12.0. The smallest absolute Gasteiger partial charge is 0.156 e. The van der Waals surface area contributed by atoms with E-state index in [0.29, 0.717) is 0 Å². The number of hydrogen-bond acceptors (Lipinski definition) is 3. The lowest BCUT2D eigenvalue weighted by Gasteiger charge is -2.09. The number of thiophene rings is 1. The second-order valence-corrected chi connectivity index (χ2v) is 8.89. The van der Waals surface area contributed by atoms with E-state index in [4.69, 9.17) is 4.98 Å². The van der Waals surface area contributed by atoms with Crippen LogP contribution in [-0.4, -0.2) is 14.5 Å². The minimum absolute atomic E-state index is 0.267. The summed E-state index contributed by atoms with van der Waals surface area (Å²) in [7, 11) is 0. The maximum Gasteiger partial charge on any atom is 0.156 e. The Bertz CT molecular complexity index is 1790. The molecule has 0 spiro atoms. The fourth-order valence-corrected chi connectivity index (χ4v) is 5.84. The van der Waals surface area contributed by atoms with Gasteiger partial charge in [-0.1, -0.05) is 42.5 Å². The number of hydrogen-bond donors (Lipinski definition) is 1. The largest absolute Gasteiger partial charge is 0.508 e. The predicted octanol–water partition coefficient (Wildman–Crippen LogP) is 7.38. The van der Waals surface area contributed by atoms with Gasteiger partial charge >= 0.3 is 0 Å². The van der Waals surface area contributed by atoms with E-state index in [9.17, 15) is 5.11 Å². The summed E-state index contributed by atoms with van der Waals surface area (Å²) in [6, 6.07) is 31.0. The Morgan fingerprint density at radius 1 is 0.774 bits per heavy atom. The molecule has 7 rings (SSSR count). The number of para-hydroxylation sites is 2. The van der Waals surface area contributed by atoms with Crippen molar-refractivity contribution in [3.8, 4) is 17.0 Å². The van der Waals surface area contributed by atoms with E-state index in [1.54, 1.807) is 23.5 Å². The molecule has 31 heavy (non-hydrogen) atoms. The van der Waals surface area contributed by atoms with Crippen molar-refractivity contribution in [3.05, 3.63) is 91.0 Å². The van der Waals surface area contributed by atoms with Crippen LogP contribution in [0.15, 0.2) is 91.0 Å². The number of aromatic hydroxyl groups is 1. The molecule has 0 radical (unpaired) electrons. The third kappa shape index (κ3) is 2.31. The van der Waals surface area contributed by atoms with Crippen molar-refractivity contribution in [1.82, 2.24) is 9.38 Å². The number of aromatic nitrogens is 2. The molecular formula is C27H16N2OS.